The van der Waals surface area contributed by atoms with Crippen molar-refractivity contribution in [2.24, 2.45) is 0 Å². The van der Waals surface area contributed by atoms with Crippen LogP contribution in [0.4, 0.5) is 5.69 Å². The van der Waals surface area contributed by atoms with Crippen molar-refractivity contribution in [1.82, 2.24) is 4.90 Å². The van der Waals surface area contributed by atoms with E-state index in [9.17, 15) is 0 Å². The van der Waals surface area contributed by atoms with Crippen LogP contribution in [0.2, 0.25) is 0 Å². The summed E-state index contributed by atoms with van der Waals surface area (Å²) in [4.78, 5) is 2.17. The second-order valence-electron chi connectivity index (χ2n) is 3.93. The maximum Gasteiger partial charge on any atom is 0.124 e. The minimum atomic E-state index is 0.827. The summed E-state index contributed by atoms with van der Waals surface area (Å²) in [5.41, 5.74) is 7.87. The Labute approximate surface area is 91.8 Å². The van der Waals surface area contributed by atoms with Gasteiger partial charge in [0, 0.05) is 11.3 Å². The molecule has 0 saturated heterocycles. The third kappa shape index (κ3) is 3.44. The first-order valence-electron chi connectivity index (χ1n) is 5.21. The molecule has 0 aliphatic carbocycles. The monoisotopic (exact) mass is 208 g/mol. The van der Waals surface area contributed by atoms with Crippen molar-refractivity contribution in [1.29, 1.82) is 0 Å². The number of hydrogen-bond acceptors (Lipinski definition) is 3. The van der Waals surface area contributed by atoms with Crippen LogP contribution >= 0.6 is 0 Å². The second-order valence-corrected chi connectivity index (χ2v) is 3.93. The van der Waals surface area contributed by atoms with Gasteiger partial charge in [-0.2, -0.15) is 0 Å². The van der Waals surface area contributed by atoms with Gasteiger partial charge in [-0.1, -0.05) is 6.07 Å². The molecular formula is C12H20N2O. The number of nitrogens with zero attached hydrogens (tertiary/aromatic N) is 1. The van der Waals surface area contributed by atoms with Gasteiger partial charge in [0.2, 0.25) is 0 Å². The molecule has 2 N–H and O–H groups in total. The van der Waals surface area contributed by atoms with E-state index in [1.54, 1.807) is 7.11 Å². The molecule has 1 aromatic rings. The van der Waals surface area contributed by atoms with Crippen LogP contribution in [0.25, 0.3) is 0 Å². The Hall–Kier alpha value is -1.22. The van der Waals surface area contributed by atoms with Crippen LogP contribution in [0.1, 0.15) is 12.0 Å². The Kier molecular flexibility index (Phi) is 4.43. The molecule has 0 aromatic heterocycles. The van der Waals surface area contributed by atoms with Crippen molar-refractivity contribution in [2.75, 3.05) is 33.5 Å². The number of nitrogens with two attached hydrogens (primary N) is 1. The van der Waals surface area contributed by atoms with Gasteiger partial charge >= 0.3 is 0 Å². The average Bonchev–Trinajstić information content (AvgIpc) is 2.20. The molecule has 0 unspecified atom stereocenters. The summed E-state index contributed by atoms with van der Waals surface area (Å²) < 4.78 is 5.29. The third-order valence-corrected chi connectivity index (χ3v) is 2.42. The molecule has 0 spiro atoms. The standard InChI is InChI=1S/C12H20N2O/c1-14(2)9-5-6-10-11(13)7-4-8-12(10)15-3/h4,7-8H,5-6,9,13H2,1-3H3. The predicted octanol–water partition coefficient (Wildman–Crippen LogP) is 1.77. The van der Waals surface area contributed by atoms with E-state index in [1.165, 1.54) is 0 Å². The fourth-order valence-electron chi connectivity index (χ4n) is 1.61. The van der Waals surface area contributed by atoms with E-state index >= 15 is 0 Å². The summed E-state index contributed by atoms with van der Waals surface area (Å²) in [5, 5.41) is 0. The Morgan fingerprint density at radius 3 is 2.67 bits per heavy atom. The minimum Gasteiger partial charge on any atom is -0.496 e. The lowest BCUT2D eigenvalue weighted by Gasteiger charge is -2.13. The Morgan fingerprint density at radius 1 is 1.33 bits per heavy atom. The molecule has 0 amide bonds. The number of methoxy groups -OCH3 is 1. The lowest BCUT2D eigenvalue weighted by molar-refractivity contribution is 0.391. The van der Waals surface area contributed by atoms with Crippen LogP contribution in [-0.2, 0) is 6.42 Å². The van der Waals surface area contributed by atoms with Crippen LogP contribution in [0.15, 0.2) is 18.2 Å². The molecule has 3 heteroatoms. The van der Waals surface area contributed by atoms with E-state index < -0.39 is 0 Å². The van der Waals surface area contributed by atoms with Crippen molar-refractivity contribution >= 4 is 5.69 Å². The largest absolute Gasteiger partial charge is 0.496 e. The first-order valence-corrected chi connectivity index (χ1v) is 5.21. The normalized spacial score (nSPS) is 10.7. The number of nitrogen functional groups attached to an aromatic ring is 1. The topological polar surface area (TPSA) is 38.5 Å². The molecule has 0 bridgehead atoms. The molecule has 0 radical (unpaired) electrons. The van der Waals surface area contributed by atoms with E-state index in [0.717, 1.165) is 36.4 Å². The van der Waals surface area contributed by atoms with E-state index in [1.807, 2.05) is 18.2 Å². The third-order valence-electron chi connectivity index (χ3n) is 2.42. The summed E-state index contributed by atoms with van der Waals surface area (Å²) in [7, 11) is 5.83. The average molecular weight is 208 g/mol. The summed E-state index contributed by atoms with van der Waals surface area (Å²) >= 11 is 0. The fraction of sp³-hybridized carbons (Fsp3) is 0.500. The molecule has 0 aliphatic heterocycles. The van der Waals surface area contributed by atoms with Crippen LogP contribution in [0.5, 0.6) is 5.75 Å². The molecule has 1 rings (SSSR count). The molecule has 0 heterocycles. The highest BCUT2D eigenvalue weighted by molar-refractivity contribution is 5.54. The summed E-state index contributed by atoms with van der Waals surface area (Å²) in [6, 6.07) is 5.80. The quantitative estimate of drug-likeness (QED) is 0.749. The van der Waals surface area contributed by atoms with Crippen LogP contribution in [-0.4, -0.2) is 32.6 Å². The Morgan fingerprint density at radius 2 is 2.07 bits per heavy atom. The van der Waals surface area contributed by atoms with Gasteiger partial charge in [-0.15, -0.1) is 0 Å². The molecule has 84 valence electrons. The van der Waals surface area contributed by atoms with Crippen molar-refractivity contribution in [3.8, 4) is 5.75 Å². The zero-order chi connectivity index (χ0) is 11.3. The first kappa shape index (κ1) is 11.9. The molecule has 1 aromatic carbocycles. The highest BCUT2D eigenvalue weighted by Gasteiger charge is 2.06. The van der Waals surface area contributed by atoms with Crippen molar-refractivity contribution in [3.63, 3.8) is 0 Å². The van der Waals surface area contributed by atoms with Gasteiger partial charge in [-0.25, -0.2) is 0 Å². The lowest BCUT2D eigenvalue weighted by Crippen LogP contribution is -2.14. The zero-order valence-corrected chi connectivity index (χ0v) is 9.79. The van der Waals surface area contributed by atoms with Crippen LogP contribution in [0, 0.1) is 0 Å². The smallest absolute Gasteiger partial charge is 0.124 e. The van der Waals surface area contributed by atoms with Crippen molar-refractivity contribution < 1.29 is 4.74 Å². The second kappa shape index (κ2) is 5.61. The zero-order valence-electron chi connectivity index (χ0n) is 9.79. The highest BCUT2D eigenvalue weighted by atomic mass is 16.5. The van der Waals surface area contributed by atoms with Gasteiger partial charge in [0.25, 0.3) is 0 Å². The van der Waals surface area contributed by atoms with Gasteiger partial charge in [0.15, 0.2) is 0 Å². The number of hydrogen-bond donors (Lipinski definition) is 1. The Balaban J connectivity index is 2.66. The van der Waals surface area contributed by atoms with E-state index in [-0.39, 0.29) is 0 Å². The summed E-state index contributed by atoms with van der Waals surface area (Å²) in [6.07, 6.45) is 2.06. The summed E-state index contributed by atoms with van der Waals surface area (Å²) in [5.74, 6) is 0.897. The maximum absolute atomic E-state index is 5.92. The molecule has 15 heavy (non-hydrogen) atoms. The predicted molar refractivity (Wildman–Crippen MR) is 64.3 cm³/mol. The Bertz CT molecular complexity index is 310. The van der Waals surface area contributed by atoms with Gasteiger partial charge in [0.1, 0.15) is 5.75 Å². The number of anilines is 1. The van der Waals surface area contributed by atoms with E-state index in [2.05, 4.69) is 19.0 Å². The molecule has 0 fully saturated rings. The first-order chi connectivity index (χ1) is 7.15. The SMILES string of the molecule is COc1cccc(N)c1CCCN(C)C. The number of ether oxygens (including phenoxy) is 1. The lowest BCUT2D eigenvalue weighted by atomic mass is 10.1. The van der Waals surface area contributed by atoms with Gasteiger partial charge in [-0.05, 0) is 45.6 Å². The molecule has 0 aliphatic rings. The fourth-order valence-corrected chi connectivity index (χ4v) is 1.61. The molecule has 3 nitrogen and oxygen atoms in total. The number of benzene rings is 1. The van der Waals surface area contributed by atoms with Crippen LogP contribution in [0.3, 0.4) is 0 Å². The van der Waals surface area contributed by atoms with Crippen molar-refractivity contribution in [2.45, 2.75) is 12.8 Å². The number of rotatable bonds is 5. The summed E-state index contributed by atoms with van der Waals surface area (Å²) in [6.45, 7) is 1.07. The minimum absolute atomic E-state index is 0.827. The highest BCUT2D eigenvalue weighted by Crippen LogP contribution is 2.25. The molecule has 0 saturated carbocycles. The molecular weight excluding hydrogens is 188 g/mol. The van der Waals surface area contributed by atoms with Crippen molar-refractivity contribution in [3.05, 3.63) is 23.8 Å². The van der Waals surface area contributed by atoms with Crippen LogP contribution < -0.4 is 10.5 Å². The van der Waals surface area contributed by atoms with E-state index in [0.29, 0.717) is 0 Å². The maximum atomic E-state index is 5.92. The van der Waals surface area contributed by atoms with Gasteiger partial charge in [0.05, 0.1) is 7.11 Å². The van der Waals surface area contributed by atoms with Gasteiger partial charge < -0.3 is 15.4 Å². The molecule has 0 atom stereocenters. The van der Waals surface area contributed by atoms with E-state index in [4.69, 9.17) is 10.5 Å². The van der Waals surface area contributed by atoms with Gasteiger partial charge in [-0.3, -0.25) is 0 Å².